The van der Waals surface area contributed by atoms with Crippen LogP contribution in [-0.4, -0.2) is 0 Å². The van der Waals surface area contributed by atoms with Crippen LogP contribution < -0.4 is 52.7 Å². The van der Waals surface area contributed by atoms with Crippen LogP contribution in [0.4, 0.5) is 0 Å². The molecule has 0 N–H and O–H groups in total. The van der Waals surface area contributed by atoms with E-state index in [-0.39, 0.29) is 37.7 Å². The fourth-order valence-electron chi connectivity index (χ4n) is 0.615. The Balaban J connectivity index is 0. The molecule has 0 bridgehead atoms. The Morgan fingerprint density at radius 2 is 1.62 bits per heavy atom. The number of para-hydroxylation sites is 1. The fourth-order valence-corrected chi connectivity index (χ4v) is 0.615. The molecule has 1 rings (SSSR count). The molecule has 0 unspecified atom stereocenters. The van der Waals surface area contributed by atoms with Gasteiger partial charge in [0.1, 0.15) is 5.75 Å². The van der Waals surface area contributed by atoms with Gasteiger partial charge in [-0.25, -0.2) is 0 Å². The molecule has 0 aliphatic heterocycles. The molecule has 0 spiro atoms. The van der Waals surface area contributed by atoms with Crippen LogP contribution in [0.15, 0.2) is 42.5 Å². The van der Waals surface area contributed by atoms with Crippen molar-refractivity contribution in [1.29, 1.82) is 0 Å². The van der Waals surface area contributed by atoms with E-state index in [1.165, 1.54) is 0 Å². The van der Waals surface area contributed by atoms with E-state index in [0.29, 0.717) is 12.0 Å². The molecule has 3 nitrogen and oxygen atoms in total. The third-order valence-electron chi connectivity index (χ3n) is 1.03. The van der Waals surface area contributed by atoms with Crippen LogP contribution in [-0.2, 0) is 0 Å². The first kappa shape index (κ1) is 15.0. The van der Waals surface area contributed by atoms with Crippen molar-refractivity contribution in [2.45, 2.75) is 0 Å². The molecule has 0 aliphatic rings. The van der Waals surface area contributed by atoms with Crippen LogP contribution in [0.2, 0.25) is 0 Å². The average molecular weight is 164 g/mol. The Morgan fingerprint density at radius 3 is 2.08 bits per heavy atom. The van der Waals surface area contributed by atoms with Gasteiger partial charge in [0.25, 0.3) is 0 Å². The normalized spacial score (nSPS) is 7.38. The van der Waals surface area contributed by atoms with E-state index in [4.69, 9.17) is 0 Å². The second-order valence-corrected chi connectivity index (χ2v) is 1.87. The van der Waals surface area contributed by atoms with Gasteiger partial charge in [-0.2, -0.15) is 5.95 Å². The Morgan fingerprint density at radius 1 is 1.08 bits per heavy atom. The van der Waals surface area contributed by atoms with E-state index >= 15 is 0 Å². The van der Waals surface area contributed by atoms with Crippen LogP contribution in [0.5, 0.6) is 5.75 Å². The van der Waals surface area contributed by atoms with Gasteiger partial charge in [-0.1, -0.05) is 18.2 Å². The SMILES string of the molecule is [Li+].[Li+].[O-]C([O-])=COc1ccccc1. The van der Waals surface area contributed by atoms with Gasteiger partial charge in [0.15, 0.2) is 0 Å². The molecule has 0 amide bonds. The van der Waals surface area contributed by atoms with E-state index < -0.39 is 5.95 Å². The van der Waals surface area contributed by atoms with E-state index in [1.807, 2.05) is 6.07 Å². The van der Waals surface area contributed by atoms with Gasteiger partial charge in [-0.05, 0) is 12.1 Å². The summed E-state index contributed by atoms with van der Waals surface area (Å²) in [7, 11) is 0. The molecule has 0 atom stereocenters. The average Bonchev–Trinajstić information content (AvgIpc) is 2.03. The maximum Gasteiger partial charge on any atom is 1.00 e. The zero-order valence-corrected chi connectivity index (χ0v) is 7.69. The van der Waals surface area contributed by atoms with Gasteiger partial charge in [-0.3, -0.25) is 0 Å². The molecule has 1 aromatic rings. The number of rotatable bonds is 2. The number of benzene rings is 1. The van der Waals surface area contributed by atoms with Gasteiger partial charge in [-0.15, -0.1) is 0 Å². The van der Waals surface area contributed by atoms with E-state index in [1.54, 1.807) is 24.3 Å². The summed E-state index contributed by atoms with van der Waals surface area (Å²) in [4.78, 5) is 0. The molecular weight excluding hydrogens is 158 g/mol. The summed E-state index contributed by atoms with van der Waals surface area (Å²) in [6.07, 6.45) is 0.634. The monoisotopic (exact) mass is 164 g/mol. The van der Waals surface area contributed by atoms with E-state index in [0.717, 1.165) is 0 Å². The minimum absolute atomic E-state index is 0. The van der Waals surface area contributed by atoms with Crippen molar-refractivity contribution >= 4 is 0 Å². The van der Waals surface area contributed by atoms with Gasteiger partial charge >= 0.3 is 37.7 Å². The molecule has 1 aromatic carbocycles. The summed E-state index contributed by atoms with van der Waals surface area (Å²) in [6.45, 7) is 0. The second-order valence-electron chi connectivity index (χ2n) is 1.87. The van der Waals surface area contributed by atoms with Crippen LogP contribution in [0.25, 0.3) is 0 Å². The second kappa shape index (κ2) is 8.17. The zero-order chi connectivity index (χ0) is 8.10. The molecule has 0 saturated carbocycles. The number of hydrogen-bond donors (Lipinski definition) is 0. The smallest absolute Gasteiger partial charge is 0.882 e. The van der Waals surface area contributed by atoms with Gasteiger partial charge in [0, 0.05) is 0 Å². The first-order valence-electron chi connectivity index (χ1n) is 3.05. The van der Waals surface area contributed by atoms with Gasteiger partial charge in [0.2, 0.25) is 0 Å². The molecule has 0 heterocycles. The van der Waals surface area contributed by atoms with Gasteiger partial charge in [0.05, 0.1) is 6.26 Å². The Bertz CT molecular complexity index is 245. The predicted molar refractivity (Wildman–Crippen MR) is 35.2 cm³/mol. The van der Waals surface area contributed by atoms with Crippen molar-refractivity contribution in [2.75, 3.05) is 0 Å². The van der Waals surface area contributed by atoms with Crippen molar-refractivity contribution in [3.63, 3.8) is 0 Å². The van der Waals surface area contributed by atoms with Crippen molar-refractivity contribution in [2.24, 2.45) is 0 Å². The minimum Gasteiger partial charge on any atom is -0.882 e. The summed E-state index contributed by atoms with van der Waals surface area (Å²) < 4.78 is 4.68. The molecule has 0 fully saturated rings. The van der Waals surface area contributed by atoms with Crippen LogP contribution >= 0.6 is 0 Å². The van der Waals surface area contributed by atoms with Crippen LogP contribution in [0, 0.1) is 0 Å². The molecule has 5 heteroatoms. The number of ether oxygens (including phenoxy) is 1. The maximum atomic E-state index is 9.88. The Hall–Kier alpha value is -0.445. The van der Waals surface area contributed by atoms with Crippen LogP contribution in [0.3, 0.4) is 0 Å². The Labute approximate surface area is 101 Å². The van der Waals surface area contributed by atoms with Crippen LogP contribution in [0.1, 0.15) is 0 Å². The third kappa shape index (κ3) is 6.69. The van der Waals surface area contributed by atoms with E-state index in [9.17, 15) is 10.2 Å². The summed E-state index contributed by atoms with van der Waals surface area (Å²) in [5.41, 5.74) is 0. The molecule has 0 aliphatic carbocycles. The molecule has 0 aromatic heterocycles. The van der Waals surface area contributed by atoms with Crippen molar-refractivity contribution in [3.05, 3.63) is 42.5 Å². The topological polar surface area (TPSA) is 55.3 Å². The molecule has 13 heavy (non-hydrogen) atoms. The van der Waals surface area contributed by atoms with Crippen molar-refractivity contribution in [1.82, 2.24) is 0 Å². The third-order valence-corrected chi connectivity index (χ3v) is 1.03. The Kier molecular flexibility index (Phi) is 9.45. The maximum absolute atomic E-state index is 9.88. The number of hydrogen-bond acceptors (Lipinski definition) is 3. The minimum atomic E-state index is -1.34. The summed E-state index contributed by atoms with van der Waals surface area (Å²) in [5, 5.41) is 19.8. The largest absolute Gasteiger partial charge is 1.00 e. The van der Waals surface area contributed by atoms with Crippen molar-refractivity contribution in [3.8, 4) is 5.75 Å². The zero-order valence-electron chi connectivity index (χ0n) is 7.69. The van der Waals surface area contributed by atoms with E-state index in [2.05, 4.69) is 4.74 Å². The fraction of sp³-hybridized carbons (Fsp3) is 0. The molecule has 0 saturated heterocycles. The molecular formula is C8H6Li2O3. The molecule has 0 radical (unpaired) electrons. The van der Waals surface area contributed by atoms with Gasteiger partial charge < -0.3 is 14.9 Å². The quantitative estimate of drug-likeness (QED) is 0.322. The van der Waals surface area contributed by atoms with Crippen molar-refractivity contribution < 1.29 is 52.7 Å². The summed E-state index contributed by atoms with van der Waals surface area (Å²) >= 11 is 0. The molecule has 58 valence electrons. The summed E-state index contributed by atoms with van der Waals surface area (Å²) in [5.74, 6) is -0.856. The standard InChI is InChI=1S/C8H8O3.2Li/c9-8(10)6-11-7-4-2-1-3-5-7;;/h1-6,9-10H;;/q;2*+1/p-2. The summed E-state index contributed by atoms with van der Waals surface area (Å²) in [6, 6.07) is 8.61. The first-order valence-corrected chi connectivity index (χ1v) is 3.05. The predicted octanol–water partition coefficient (Wildman–Crippen LogP) is -6.41. The first-order chi connectivity index (χ1) is 5.29.